The van der Waals surface area contributed by atoms with Crippen LogP contribution >= 0.6 is 0 Å². The molecule has 2 heterocycles. The highest BCUT2D eigenvalue weighted by molar-refractivity contribution is 7.87. The second kappa shape index (κ2) is 10.3. The molecule has 7 nitrogen and oxygen atoms in total. The number of rotatable bonds is 8. The Bertz CT molecular complexity index is 1640. The predicted molar refractivity (Wildman–Crippen MR) is 148 cm³/mol. The summed E-state index contributed by atoms with van der Waals surface area (Å²) in [6, 6.07) is 13.6. The van der Waals surface area contributed by atoms with Gasteiger partial charge >= 0.3 is 16.3 Å². The van der Waals surface area contributed by atoms with Crippen molar-refractivity contribution in [2.75, 3.05) is 12.4 Å². The molecule has 0 saturated carbocycles. The average molecular weight is 576 g/mol. The minimum Gasteiger partial charge on any atom is -0.493 e. The van der Waals surface area contributed by atoms with Crippen LogP contribution in [0.3, 0.4) is 0 Å². The van der Waals surface area contributed by atoms with Gasteiger partial charge in [0.2, 0.25) is 0 Å². The maximum Gasteiger partial charge on any atom is 0.416 e. The highest BCUT2D eigenvalue weighted by atomic mass is 32.2. The van der Waals surface area contributed by atoms with E-state index < -0.39 is 26.8 Å². The summed E-state index contributed by atoms with van der Waals surface area (Å²) in [7, 11) is -3.24. The second-order valence-electron chi connectivity index (χ2n) is 11.4. The fourth-order valence-corrected chi connectivity index (χ4v) is 5.87. The maximum atomic E-state index is 13.1. The molecule has 0 amide bonds. The first-order valence-electron chi connectivity index (χ1n) is 12.5. The number of aromatic nitrogens is 2. The Morgan fingerprint density at radius 1 is 0.925 bits per heavy atom. The summed E-state index contributed by atoms with van der Waals surface area (Å²) in [4.78, 5) is 4.18. The summed E-state index contributed by atoms with van der Waals surface area (Å²) in [5.74, 6) is 0.650. The van der Waals surface area contributed by atoms with E-state index in [2.05, 4.69) is 39.9 Å². The molecule has 0 aliphatic heterocycles. The molecule has 2 aromatic heterocycles. The molecule has 0 atom stereocenters. The third-order valence-electron chi connectivity index (χ3n) is 6.05. The lowest BCUT2D eigenvalue weighted by Crippen LogP contribution is -2.36. The number of imidazole rings is 1. The van der Waals surface area contributed by atoms with Gasteiger partial charge in [-0.05, 0) is 74.2 Å². The summed E-state index contributed by atoms with van der Waals surface area (Å²) < 4.78 is 77.7. The number of hydrogen-bond acceptors (Lipinski definition) is 6. The number of ether oxygens (including phenoxy) is 1. The van der Waals surface area contributed by atoms with Gasteiger partial charge in [-0.2, -0.15) is 21.6 Å². The standard InChI is InChI=1S/C29H32F3N3O4S/c1-27(2,3)18-28(4,5)34-26-25(33-24-12-7-8-15-35(24)26)19-13-14-22(23(16-19)38-6)39-40(36,37)21-11-9-10-20(17-21)29(30,31)32/h7-17,34H,18H2,1-6H3. The molecule has 0 radical (unpaired) electrons. The van der Waals surface area contributed by atoms with E-state index in [4.69, 9.17) is 13.9 Å². The van der Waals surface area contributed by atoms with Gasteiger partial charge in [-0.3, -0.25) is 4.40 Å². The molecule has 11 heteroatoms. The summed E-state index contributed by atoms with van der Waals surface area (Å²) in [5.41, 5.74) is 0.603. The van der Waals surface area contributed by atoms with Crippen LogP contribution in [-0.2, 0) is 16.3 Å². The van der Waals surface area contributed by atoms with Crippen molar-refractivity contribution in [2.45, 2.75) is 57.7 Å². The number of nitrogens with zero attached hydrogens (tertiary/aromatic N) is 2. The highest BCUT2D eigenvalue weighted by Crippen LogP contribution is 2.39. The van der Waals surface area contributed by atoms with Crippen LogP contribution in [0.25, 0.3) is 16.9 Å². The molecule has 0 spiro atoms. The highest BCUT2D eigenvalue weighted by Gasteiger charge is 2.32. The van der Waals surface area contributed by atoms with E-state index in [-0.39, 0.29) is 22.5 Å². The van der Waals surface area contributed by atoms with Gasteiger partial charge in [-0.25, -0.2) is 4.98 Å². The van der Waals surface area contributed by atoms with Gasteiger partial charge in [-0.15, -0.1) is 0 Å². The summed E-state index contributed by atoms with van der Waals surface area (Å²) >= 11 is 0. The average Bonchev–Trinajstić information content (AvgIpc) is 3.20. The van der Waals surface area contributed by atoms with E-state index in [9.17, 15) is 21.6 Å². The van der Waals surface area contributed by atoms with Crippen molar-refractivity contribution in [3.8, 4) is 22.8 Å². The smallest absolute Gasteiger partial charge is 0.416 e. The fourth-order valence-electron chi connectivity index (χ4n) is 4.89. The molecule has 4 rings (SSSR count). The molecule has 0 unspecified atom stereocenters. The van der Waals surface area contributed by atoms with Crippen molar-refractivity contribution < 1.29 is 30.5 Å². The van der Waals surface area contributed by atoms with Crippen LogP contribution < -0.4 is 14.2 Å². The Kier molecular flexibility index (Phi) is 7.57. The molecule has 214 valence electrons. The minimum atomic E-state index is -4.70. The first-order valence-corrected chi connectivity index (χ1v) is 14.0. The van der Waals surface area contributed by atoms with E-state index in [0.29, 0.717) is 23.0 Å². The second-order valence-corrected chi connectivity index (χ2v) is 13.0. The largest absolute Gasteiger partial charge is 0.493 e. The van der Waals surface area contributed by atoms with Crippen LogP contribution in [0.1, 0.15) is 46.6 Å². The Balaban J connectivity index is 1.73. The number of alkyl halides is 3. The molecule has 4 aromatic rings. The Morgan fingerprint density at radius 2 is 1.65 bits per heavy atom. The van der Waals surface area contributed by atoms with Crippen molar-refractivity contribution in [3.63, 3.8) is 0 Å². The van der Waals surface area contributed by atoms with Crippen LogP contribution in [-0.4, -0.2) is 30.5 Å². The predicted octanol–water partition coefficient (Wildman–Crippen LogP) is 7.42. The normalized spacial score (nSPS) is 12.9. The van der Waals surface area contributed by atoms with Gasteiger partial charge in [0.25, 0.3) is 0 Å². The number of methoxy groups -OCH3 is 1. The third-order valence-corrected chi connectivity index (χ3v) is 7.28. The van der Waals surface area contributed by atoms with Crippen molar-refractivity contribution in [1.29, 1.82) is 0 Å². The number of benzene rings is 2. The van der Waals surface area contributed by atoms with E-state index in [1.54, 1.807) is 12.1 Å². The first-order chi connectivity index (χ1) is 18.5. The molecule has 0 aliphatic carbocycles. The number of halogens is 3. The van der Waals surface area contributed by atoms with Crippen LogP contribution in [0.15, 0.2) is 71.8 Å². The lowest BCUT2D eigenvalue weighted by molar-refractivity contribution is -0.137. The van der Waals surface area contributed by atoms with Gasteiger partial charge in [0.1, 0.15) is 22.1 Å². The number of nitrogens with one attached hydrogen (secondary N) is 1. The summed E-state index contributed by atoms with van der Waals surface area (Å²) in [6.45, 7) is 10.7. The molecule has 2 aromatic carbocycles. The van der Waals surface area contributed by atoms with E-state index >= 15 is 0 Å². The minimum absolute atomic E-state index is 0.0600. The van der Waals surface area contributed by atoms with Gasteiger partial charge in [-0.1, -0.05) is 32.9 Å². The van der Waals surface area contributed by atoms with Gasteiger partial charge in [0.15, 0.2) is 11.5 Å². The zero-order chi connectivity index (χ0) is 29.5. The first kappa shape index (κ1) is 29.3. The lowest BCUT2D eigenvalue weighted by Gasteiger charge is -2.34. The third kappa shape index (κ3) is 6.52. The van der Waals surface area contributed by atoms with Crippen LogP contribution in [0.2, 0.25) is 0 Å². The van der Waals surface area contributed by atoms with Crippen LogP contribution in [0, 0.1) is 5.41 Å². The zero-order valence-corrected chi connectivity index (χ0v) is 23.9. The van der Waals surface area contributed by atoms with E-state index in [1.807, 2.05) is 28.8 Å². The fraction of sp³-hybridized carbons (Fsp3) is 0.345. The van der Waals surface area contributed by atoms with Crippen molar-refractivity contribution in [3.05, 3.63) is 72.4 Å². The van der Waals surface area contributed by atoms with Gasteiger partial charge < -0.3 is 14.2 Å². The Hall–Kier alpha value is -3.73. The maximum absolute atomic E-state index is 13.1. The SMILES string of the molecule is COc1cc(-c2nc3ccccn3c2NC(C)(C)CC(C)(C)C)ccc1OS(=O)(=O)c1cccc(C(F)(F)F)c1. The number of fused-ring (bicyclic) bond motifs is 1. The molecule has 0 bridgehead atoms. The van der Waals surface area contributed by atoms with Crippen LogP contribution in [0.5, 0.6) is 11.5 Å². The van der Waals surface area contributed by atoms with E-state index in [1.165, 1.54) is 13.2 Å². The van der Waals surface area contributed by atoms with Crippen LogP contribution in [0.4, 0.5) is 19.0 Å². The molecule has 0 aliphatic rings. The van der Waals surface area contributed by atoms with Crippen molar-refractivity contribution in [2.24, 2.45) is 5.41 Å². The number of pyridine rings is 1. The molecular weight excluding hydrogens is 543 g/mol. The summed E-state index contributed by atoms with van der Waals surface area (Å²) in [5, 5.41) is 3.63. The van der Waals surface area contributed by atoms with Gasteiger partial charge in [0.05, 0.1) is 12.7 Å². The van der Waals surface area contributed by atoms with Crippen molar-refractivity contribution >= 4 is 21.6 Å². The molecule has 40 heavy (non-hydrogen) atoms. The zero-order valence-electron chi connectivity index (χ0n) is 23.1. The topological polar surface area (TPSA) is 81.9 Å². The summed E-state index contributed by atoms with van der Waals surface area (Å²) in [6.07, 6.45) is -1.94. The van der Waals surface area contributed by atoms with E-state index in [0.717, 1.165) is 30.4 Å². The van der Waals surface area contributed by atoms with Crippen molar-refractivity contribution in [1.82, 2.24) is 9.38 Å². The molecular formula is C29H32F3N3O4S. The quantitative estimate of drug-likeness (QED) is 0.220. The molecule has 0 saturated heterocycles. The molecule has 1 N–H and O–H groups in total. The number of anilines is 1. The Morgan fingerprint density at radius 3 is 2.30 bits per heavy atom. The number of hydrogen-bond donors (Lipinski definition) is 1. The van der Waals surface area contributed by atoms with Gasteiger partial charge in [0, 0.05) is 17.3 Å². The lowest BCUT2D eigenvalue weighted by atomic mass is 9.82. The Labute approximate surface area is 232 Å². The molecule has 0 fully saturated rings. The monoisotopic (exact) mass is 575 g/mol.